The van der Waals surface area contributed by atoms with Crippen molar-refractivity contribution in [2.45, 2.75) is 66.7 Å². The second-order valence-corrected chi connectivity index (χ2v) is 5.15. The lowest BCUT2D eigenvalue weighted by Gasteiger charge is -2.37. The summed E-state index contributed by atoms with van der Waals surface area (Å²) >= 11 is 0. The summed E-state index contributed by atoms with van der Waals surface area (Å²) < 4.78 is 0. The van der Waals surface area contributed by atoms with Crippen LogP contribution in [0.4, 0.5) is 0 Å². The van der Waals surface area contributed by atoms with E-state index in [2.05, 4.69) is 39.9 Å². The molecule has 0 aliphatic rings. The van der Waals surface area contributed by atoms with E-state index in [9.17, 15) is 0 Å². The molecular weight excluding hydrogens is 182 g/mol. The highest BCUT2D eigenvalue weighted by Crippen LogP contribution is 2.36. The Balaban J connectivity index is 4.23. The highest BCUT2D eigenvalue weighted by molar-refractivity contribution is 4.83. The first-order valence-corrected chi connectivity index (χ1v) is 6.83. The molecule has 0 heterocycles. The normalized spacial score (nSPS) is 15.6. The fourth-order valence-electron chi connectivity index (χ4n) is 2.33. The highest BCUT2D eigenvalue weighted by Gasteiger charge is 2.30. The van der Waals surface area contributed by atoms with Gasteiger partial charge in [0.1, 0.15) is 0 Å². The summed E-state index contributed by atoms with van der Waals surface area (Å²) in [5, 5.41) is 3.62. The Bertz CT molecular complexity index is 142. The van der Waals surface area contributed by atoms with Gasteiger partial charge in [0.15, 0.2) is 0 Å². The molecule has 0 rings (SSSR count). The molecule has 92 valence electrons. The molecule has 1 heteroatoms. The number of hydrogen-bond acceptors (Lipinski definition) is 1. The van der Waals surface area contributed by atoms with Crippen LogP contribution >= 0.6 is 0 Å². The van der Waals surface area contributed by atoms with E-state index in [-0.39, 0.29) is 0 Å². The minimum atomic E-state index is 0.533. The van der Waals surface area contributed by atoms with Gasteiger partial charge in [0.25, 0.3) is 0 Å². The van der Waals surface area contributed by atoms with E-state index >= 15 is 0 Å². The average Bonchev–Trinajstić information content (AvgIpc) is 2.23. The molecule has 1 nitrogen and oxygen atoms in total. The third kappa shape index (κ3) is 5.01. The summed E-state index contributed by atoms with van der Waals surface area (Å²) in [7, 11) is 0. The third-order valence-corrected chi connectivity index (χ3v) is 3.86. The summed E-state index contributed by atoms with van der Waals surface area (Å²) in [6.07, 6.45) is 6.63. The van der Waals surface area contributed by atoms with Crippen molar-refractivity contribution in [1.29, 1.82) is 0 Å². The van der Waals surface area contributed by atoms with Gasteiger partial charge in [0.05, 0.1) is 0 Å². The van der Waals surface area contributed by atoms with Gasteiger partial charge >= 0.3 is 0 Å². The van der Waals surface area contributed by atoms with Crippen molar-refractivity contribution in [3.63, 3.8) is 0 Å². The Morgan fingerprint density at radius 1 is 1.07 bits per heavy atom. The van der Waals surface area contributed by atoms with E-state index < -0.39 is 0 Å². The predicted molar refractivity (Wildman–Crippen MR) is 70.2 cm³/mol. The van der Waals surface area contributed by atoms with Crippen molar-refractivity contribution < 1.29 is 0 Å². The maximum absolute atomic E-state index is 3.62. The van der Waals surface area contributed by atoms with Crippen molar-refractivity contribution in [3.8, 4) is 0 Å². The van der Waals surface area contributed by atoms with E-state index in [0.29, 0.717) is 5.41 Å². The SMILES string of the molecule is CCCCC(CC)(CNCCC)C(C)C. The third-order valence-electron chi connectivity index (χ3n) is 3.86. The highest BCUT2D eigenvalue weighted by atomic mass is 14.9. The van der Waals surface area contributed by atoms with Crippen LogP contribution < -0.4 is 5.32 Å². The molecule has 0 saturated heterocycles. The van der Waals surface area contributed by atoms with Gasteiger partial charge in [0.2, 0.25) is 0 Å². The summed E-state index contributed by atoms with van der Waals surface area (Å²) in [5.74, 6) is 0.790. The van der Waals surface area contributed by atoms with Gasteiger partial charge in [-0.3, -0.25) is 0 Å². The fourth-order valence-corrected chi connectivity index (χ4v) is 2.33. The molecule has 0 amide bonds. The number of hydrogen-bond donors (Lipinski definition) is 1. The first-order valence-electron chi connectivity index (χ1n) is 6.83. The van der Waals surface area contributed by atoms with Gasteiger partial charge in [0, 0.05) is 6.54 Å². The lowest BCUT2D eigenvalue weighted by atomic mass is 9.71. The molecule has 0 bridgehead atoms. The van der Waals surface area contributed by atoms with Gasteiger partial charge in [-0.25, -0.2) is 0 Å². The topological polar surface area (TPSA) is 12.0 Å². The molecule has 15 heavy (non-hydrogen) atoms. The van der Waals surface area contributed by atoms with Gasteiger partial charge < -0.3 is 5.32 Å². The van der Waals surface area contributed by atoms with Crippen molar-refractivity contribution in [2.75, 3.05) is 13.1 Å². The lowest BCUT2D eigenvalue weighted by Crippen LogP contribution is -2.38. The van der Waals surface area contributed by atoms with E-state index in [4.69, 9.17) is 0 Å². The van der Waals surface area contributed by atoms with Gasteiger partial charge in [-0.05, 0) is 37.1 Å². The van der Waals surface area contributed by atoms with Crippen LogP contribution in [-0.4, -0.2) is 13.1 Å². The van der Waals surface area contributed by atoms with E-state index in [1.807, 2.05) is 0 Å². The molecule has 0 radical (unpaired) electrons. The molecular formula is C14H31N. The Hall–Kier alpha value is -0.0400. The first kappa shape index (κ1) is 15.0. The Morgan fingerprint density at radius 2 is 1.73 bits per heavy atom. The second kappa shape index (κ2) is 8.15. The van der Waals surface area contributed by atoms with Crippen LogP contribution in [0.25, 0.3) is 0 Å². The smallest absolute Gasteiger partial charge is 0.00102 e. The Labute approximate surface area is 97.0 Å². The molecule has 1 atom stereocenters. The molecule has 1 unspecified atom stereocenters. The molecule has 0 aliphatic carbocycles. The average molecular weight is 213 g/mol. The van der Waals surface area contributed by atoms with Crippen molar-refractivity contribution in [2.24, 2.45) is 11.3 Å². The summed E-state index contributed by atoms with van der Waals surface area (Å²) in [6.45, 7) is 14.0. The van der Waals surface area contributed by atoms with Gasteiger partial charge in [-0.1, -0.05) is 47.5 Å². The fraction of sp³-hybridized carbons (Fsp3) is 1.00. The zero-order chi connectivity index (χ0) is 11.7. The summed E-state index contributed by atoms with van der Waals surface area (Å²) in [6, 6.07) is 0. The second-order valence-electron chi connectivity index (χ2n) is 5.15. The summed E-state index contributed by atoms with van der Waals surface area (Å²) in [4.78, 5) is 0. The standard InChI is InChI=1S/C14H31N/c1-6-9-10-14(8-3,13(4)5)12-15-11-7-2/h13,15H,6-12H2,1-5H3. The first-order chi connectivity index (χ1) is 7.13. The molecule has 0 aromatic heterocycles. The Kier molecular flexibility index (Phi) is 8.13. The monoisotopic (exact) mass is 213 g/mol. The van der Waals surface area contributed by atoms with E-state index in [1.165, 1.54) is 45.2 Å². The van der Waals surface area contributed by atoms with Crippen LogP contribution in [0.1, 0.15) is 66.7 Å². The van der Waals surface area contributed by atoms with Gasteiger partial charge in [-0.2, -0.15) is 0 Å². The van der Waals surface area contributed by atoms with Crippen LogP contribution in [0.3, 0.4) is 0 Å². The number of rotatable bonds is 9. The van der Waals surface area contributed by atoms with E-state index in [0.717, 1.165) is 5.92 Å². The molecule has 0 aromatic rings. The minimum Gasteiger partial charge on any atom is -0.316 e. The maximum atomic E-state index is 3.62. The molecule has 0 saturated carbocycles. The molecule has 0 spiro atoms. The van der Waals surface area contributed by atoms with Crippen molar-refractivity contribution in [1.82, 2.24) is 5.32 Å². The van der Waals surface area contributed by atoms with Crippen LogP contribution in [0.5, 0.6) is 0 Å². The number of nitrogens with one attached hydrogen (secondary N) is 1. The summed E-state index contributed by atoms with van der Waals surface area (Å²) in [5.41, 5.74) is 0.533. The zero-order valence-electron chi connectivity index (χ0n) is 11.5. The largest absolute Gasteiger partial charge is 0.316 e. The number of unbranched alkanes of at least 4 members (excludes halogenated alkanes) is 1. The quantitative estimate of drug-likeness (QED) is 0.565. The minimum absolute atomic E-state index is 0.533. The van der Waals surface area contributed by atoms with Crippen LogP contribution in [0.2, 0.25) is 0 Å². The predicted octanol–water partition coefficient (Wildman–Crippen LogP) is 4.23. The van der Waals surface area contributed by atoms with Crippen LogP contribution in [0, 0.1) is 11.3 Å². The molecule has 0 fully saturated rings. The van der Waals surface area contributed by atoms with Crippen molar-refractivity contribution >= 4 is 0 Å². The lowest BCUT2D eigenvalue weighted by molar-refractivity contribution is 0.152. The van der Waals surface area contributed by atoms with Crippen LogP contribution in [-0.2, 0) is 0 Å². The molecule has 1 N–H and O–H groups in total. The molecule has 0 aromatic carbocycles. The van der Waals surface area contributed by atoms with Crippen LogP contribution in [0.15, 0.2) is 0 Å². The van der Waals surface area contributed by atoms with Crippen molar-refractivity contribution in [3.05, 3.63) is 0 Å². The Morgan fingerprint density at radius 3 is 2.13 bits per heavy atom. The van der Waals surface area contributed by atoms with E-state index in [1.54, 1.807) is 0 Å². The van der Waals surface area contributed by atoms with Gasteiger partial charge in [-0.15, -0.1) is 0 Å². The maximum Gasteiger partial charge on any atom is 0.00102 e. The molecule has 0 aliphatic heterocycles. The zero-order valence-corrected chi connectivity index (χ0v) is 11.5.